The van der Waals surface area contributed by atoms with Gasteiger partial charge in [0, 0.05) is 5.92 Å². The van der Waals surface area contributed by atoms with E-state index < -0.39 is 0 Å². The summed E-state index contributed by atoms with van der Waals surface area (Å²) in [6, 6.07) is 0. The third-order valence-electron chi connectivity index (χ3n) is 2.18. The molecule has 0 spiro atoms. The second-order valence-electron chi connectivity index (χ2n) is 2.99. The number of carbonyl (C=O) groups is 1. The molecule has 0 N–H and O–H groups in total. The van der Waals surface area contributed by atoms with Crippen LogP contribution in [0.4, 0.5) is 0 Å². The molecule has 0 unspecified atom stereocenters. The van der Waals surface area contributed by atoms with Crippen molar-refractivity contribution in [3.8, 4) is 0 Å². The number of hydrogen-bond donors (Lipinski definition) is 0. The first-order chi connectivity index (χ1) is 4.80. The van der Waals surface area contributed by atoms with Crippen molar-refractivity contribution in [2.75, 3.05) is 0 Å². The molecule has 0 saturated heterocycles. The lowest BCUT2D eigenvalue weighted by atomic mass is 10.0. The average Bonchev–Trinajstić information content (AvgIpc) is 2.12. The summed E-state index contributed by atoms with van der Waals surface area (Å²) in [6.45, 7) is 0. The molecule has 0 radical (unpaired) electrons. The Kier molecular flexibility index (Phi) is 3.20. The molecule has 1 saturated carbocycles. The highest BCUT2D eigenvalue weighted by Crippen LogP contribution is 2.24. The molecule has 1 rings (SSSR count). The highest BCUT2D eigenvalue weighted by atomic mass is 35.5. The van der Waals surface area contributed by atoms with Crippen molar-refractivity contribution in [2.45, 2.75) is 38.5 Å². The molecule has 1 aliphatic rings. The van der Waals surface area contributed by atoms with Gasteiger partial charge >= 0.3 is 0 Å². The first kappa shape index (κ1) is 8.06. The lowest BCUT2D eigenvalue weighted by Crippen LogP contribution is -2.06. The first-order valence-electron chi connectivity index (χ1n) is 4.00. The minimum absolute atomic E-state index is 0.123. The molecule has 1 fully saturated rings. The Hall–Kier alpha value is -0.0400. The van der Waals surface area contributed by atoms with Crippen molar-refractivity contribution >= 4 is 16.8 Å². The van der Waals surface area contributed by atoms with Crippen LogP contribution in [0.5, 0.6) is 0 Å². The lowest BCUT2D eigenvalue weighted by molar-refractivity contribution is -0.115. The van der Waals surface area contributed by atoms with E-state index in [4.69, 9.17) is 11.6 Å². The maximum absolute atomic E-state index is 10.7. The first-order valence-corrected chi connectivity index (χ1v) is 4.38. The van der Waals surface area contributed by atoms with E-state index in [1.54, 1.807) is 0 Å². The molecular formula is C8H13ClO. The van der Waals surface area contributed by atoms with Crippen molar-refractivity contribution in [1.82, 2.24) is 0 Å². The van der Waals surface area contributed by atoms with Gasteiger partial charge < -0.3 is 0 Å². The van der Waals surface area contributed by atoms with E-state index in [2.05, 4.69) is 0 Å². The van der Waals surface area contributed by atoms with Crippen molar-refractivity contribution in [3.05, 3.63) is 0 Å². The van der Waals surface area contributed by atoms with Crippen LogP contribution in [-0.2, 0) is 4.79 Å². The summed E-state index contributed by atoms with van der Waals surface area (Å²) in [6.07, 6.45) is 6.96. The van der Waals surface area contributed by atoms with Crippen LogP contribution >= 0.6 is 11.6 Å². The molecule has 2 heteroatoms. The molecule has 0 heterocycles. The molecule has 0 aromatic rings. The Bertz CT molecular complexity index is 114. The average molecular weight is 161 g/mol. The van der Waals surface area contributed by atoms with Gasteiger partial charge in [-0.15, -0.1) is 0 Å². The Morgan fingerprint density at radius 2 is 1.60 bits per heavy atom. The van der Waals surface area contributed by atoms with Gasteiger partial charge in [-0.3, -0.25) is 4.79 Å². The van der Waals surface area contributed by atoms with Crippen LogP contribution in [0.3, 0.4) is 0 Å². The number of carbonyl (C=O) groups excluding carboxylic acids is 1. The summed E-state index contributed by atoms with van der Waals surface area (Å²) in [5.74, 6) is 0.171. The van der Waals surface area contributed by atoms with Gasteiger partial charge in [-0.2, -0.15) is 0 Å². The third-order valence-corrected chi connectivity index (χ3v) is 2.48. The van der Waals surface area contributed by atoms with E-state index >= 15 is 0 Å². The summed E-state index contributed by atoms with van der Waals surface area (Å²) in [5, 5.41) is -0.123. The molecule has 0 amide bonds. The molecule has 0 atom stereocenters. The quantitative estimate of drug-likeness (QED) is 0.426. The standard InChI is InChI=1S/C8H13ClO/c9-8(10)7-5-3-1-2-4-6-7/h7H,1-6H2. The normalized spacial score (nSPS) is 22.1. The van der Waals surface area contributed by atoms with Crippen LogP contribution in [-0.4, -0.2) is 5.24 Å². The number of hydrogen-bond acceptors (Lipinski definition) is 1. The zero-order chi connectivity index (χ0) is 7.40. The van der Waals surface area contributed by atoms with Gasteiger partial charge in [0.15, 0.2) is 0 Å². The van der Waals surface area contributed by atoms with Crippen molar-refractivity contribution in [1.29, 1.82) is 0 Å². The highest BCUT2D eigenvalue weighted by Gasteiger charge is 2.17. The van der Waals surface area contributed by atoms with Crippen molar-refractivity contribution in [3.63, 3.8) is 0 Å². The summed E-state index contributed by atoms with van der Waals surface area (Å²) in [5.41, 5.74) is 0. The Balaban J connectivity index is 2.35. The van der Waals surface area contributed by atoms with Gasteiger partial charge in [0.05, 0.1) is 0 Å². The molecule has 0 aromatic heterocycles. The van der Waals surface area contributed by atoms with Crippen LogP contribution < -0.4 is 0 Å². The molecule has 1 aliphatic carbocycles. The second kappa shape index (κ2) is 3.97. The third kappa shape index (κ3) is 2.30. The van der Waals surface area contributed by atoms with E-state index in [1.807, 2.05) is 0 Å². The van der Waals surface area contributed by atoms with Gasteiger partial charge in [0.25, 0.3) is 0 Å². The van der Waals surface area contributed by atoms with Crippen LogP contribution in [0.2, 0.25) is 0 Å². The predicted octanol–water partition coefficient (Wildman–Crippen LogP) is 2.72. The van der Waals surface area contributed by atoms with E-state index in [-0.39, 0.29) is 11.2 Å². The molecule has 1 nitrogen and oxygen atoms in total. The Morgan fingerprint density at radius 1 is 1.10 bits per heavy atom. The van der Waals surface area contributed by atoms with Crippen LogP contribution in [0.1, 0.15) is 38.5 Å². The molecule has 58 valence electrons. The van der Waals surface area contributed by atoms with Gasteiger partial charge in [-0.25, -0.2) is 0 Å². The van der Waals surface area contributed by atoms with Crippen LogP contribution in [0.25, 0.3) is 0 Å². The molecular weight excluding hydrogens is 148 g/mol. The van der Waals surface area contributed by atoms with Crippen LogP contribution in [0.15, 0.2) is 0 Å². The summed E-state index contributed by atoms with van der Waals surface area (Å²) in [4.78, 5) is 10.7. The maximum Gasteiger partial charge on any atom is 0.224 e. The molecule has 10 heavy (non-hydrogen) atoms. The monoisotopic (exact) mass is 160 g/mol. The zero-order valence-corrected chi connectivity index (χ0v) is 6.86. The van der Waals surface area contributed by atoms with Gasteiger partial charge in [-0.1, -0.05) is 25.7 Å². The van der Waals surface area contributed by atoms with Gasteiger partial charge in [0.1, 0.15) is 0 Å². The summed E-state index contributed by atoms with van der Waals surface area (Å²) in [7, 11) is 0. The summed E-state index contributed by atoms with van der Waals surface area (Å²) >= 11 is 5.39. The number of rotatable bonds is 1. The molecule has 0 bridgehead atoms. The van der Waals surface area contributed by atoms with E-state index in [9.17, 15) is 4.79 Å². The topological polar surface area (TPSA) is 17.1 Å². The Labute approximate surface area is 66.8 Å². The summed E-state index contributed by atoms with van der Waals surface area (Å²) < 4.78 is 0. The van der Waals surface area contributed by atoms with Crippen molar-refractivity contribution < 1.29 is 4.79 Å². The smallest absolute Gasteiger partial charge is 0.224 e. The van der Waals surface area contributed by atoms with Gasteiger partial charge in [-0.05, 0) is 24.4 Å². The van der Waals surface area contributed by atoms with Gasteiger partial charge in [0.2, 0.25) is 5.24 Å². The fraction of sp³-hybridized carbons (Fsp3) is 0.875. The van der Waals surface area contributed by atoms with E-state index in [0.29, 0.717) is 0 Å². The fourth-order valence-corrected chi connectivity index (χ4v) is 1.72. The van der Waals surface area contributed by atoms with E-state index in [0.717, 1.165) is 12.8 Å². The van der Waals surface area contributed by atoms with Crippen molar-refractivity contribution in [2.24, 2.45) is 5.92 Å². The molecule has 0 aromatic carbocycles. The van der Waals surface area contributed by atoms with E-state index in [1.165, 1.54) is 25.7 Å². The number of halogens is 1. The Morgan fingerprint density at radius 3 is 2.00 bits per heavy atom. The minimum atomic E-state index is -0.123. The zero-order valence-electron chi connectivity index (χ0n) is 6.11. The minimum Gasteiger partial charge on any atom is -0.281 e. The molecule has 0 aliphatic heterocycles. The predicted molar refractivity (Wildman–Crippen MR) is 42.1 cm³/mol. The van der Waals surface area contributed by atoms with Crippen LogP contribution in [0, 0.1) is 5.92 Å². The largest absolute Gasteiger partial charge is 0.281 e. The fourth-order valence-electron chi connectivity index (χ4n) is 1.51. The maximum atomic E-state index is 10.7. The lowest BCUT2D eigenvalue weighted by Gasteiger charge is -2.05. The second-order valence-corrected chi connectivity index (χ2v) is 3.37. The highest BCUT2D eigenvalue weighted by molar-refractivity contribution is 6.63. The SMILES string of the molecule is O=C(Cl)C1CCCCCC1.